The summed E-state index contributed by atoms with van der Waals surface area (Å²) in [6, 6.07) is 9.26. The van der Waals surface area contributed by atoms with E-state index in [9.17, 15) is 20.2 Å². The topological polar surface area (TPSA) is 96.9 Å². The van der Waals surface area contributed by atoms with Gasteiger partial charge in [0.05, 0.1) is 11.0 Å². The summed E-state index contributed by atoms with van der Waals surface area (Å²) in [5.41, 5.74) is 1.16. The molecule has 0 fully saturated rings. The molecule has 0 aliphatic carbocycles. The number of rotatable bonds is 4. The number of aryl methyl sites for hydroxylation is 1. The van der Waals surface area contributed by atoms with Gasteiger partial charge >= 0.3 is 0 Å². The van der Waals surface area contributed by atoms with Gasteiger partial charge in [-0.3, -0.25) is 19.9 Å². The molecule has 6 nitrogen and oxygen atoms in total. The summed E-state index contributed by atoms with van der Waals surface area (Å²) in [5.74, 6) is -1.34. The first-order valence-electron chi connectivity index (χ1n) is 6.13. The van der Waals surface area contributed by atoms with Gasteiger partial charge in [-0.15, -0.1) is 0 Å². The van der Waals surface area contributed by atoms with Crippen LogP contribution in [0.2, 0.25) is 0 Å². The second kappa shape index (κ2) is 5.92. The Kier molecular flexibility index (Phi) is 4.05. The van der Waals surface area contributed by atoms with Crippen molar-refractivity contribution in [1.82, 2.24) is 4.98 Å². The Bertz CT molecular complexity index is 736. The zero-order valence-electron chi connectivity index (χ0n) is 11.2. The van der Waals surface area contributed by atoms with E-state index in [2.05, 4.69) is 4.98 Å². The van der Waals surface area contributed by atoms with Gasteiger partial charge in [0, 0.05) is 29.6 Å². The van der Waals surface area contributed by atoms with Crippen LogP contribution in [0.1, 0.15) is 27.4 Å². The minimum Gasteiger partial charge on any atom is -0.292 e. The third-order valence-corrected chi connectivity index (χ3v) is 3.11. The average Bonchev–Trinajstić information content (AvgIpc) is 2.48. The van der Waals surface area contributed by atoms with Gasteiger partial charge in [-0.1, -0.05) is 0 Å². The molecule has 0 aliphatic rings. The fourth-order valence-electron chi connectivity index (χ4n) is 2.02. The lowest BCUT2D eigenvalue weighted by molar-refractivity contribution is -0.385. The van der Waals surface area contributed by atoms with Gasteiger partial charge < -0.3 is 0 Å². The van der Waals surface area contributed by atoms with E-state index in [0.717, 1.165) is 0 Å². The molecule has 104 valence electrons. The van der Waals surface area contributed by atoms with Crippen molar-refractivity contribution >= 4 is 11.5 Å². The fourth-order valence-corrected chi connectivity index (χ4v) is 2.02. The molecule has 21 heavy (non-hydrogen) atoms. The highest BCUT2D eigenvalue weighted by Gasteiger charge is 2.23. The molecule has 0 saturated carbocycles. The van der Waals surface area contributed by atoms with Gasteiger partial charge in [0.2, 0.25) is 0 Å². The standard InChI is InChI=1S/C15H11N3O3/c1-10-8-12(2-3-14(10)18(20)21)15(19)13(9-16)11-4-6-17-7-5-11/h2-8,13H,1H3. The Morgan fingerprint density at radius 1 is 1.33 bits per heavy atom. The van der Waals surface area contributed by atoms with Gasteiger partial charge in [0.15, 0.2) is 5.78 Å². The number of hydrogen-bond acceptors (Lipinski definition) is 5. The maximum atomic E-state index is 12.4. The smallest absolute Gasteiger partial charge is 0.272 e. The third-order valence-electron chi connectivity index (χ3n) is 3.11. The number of hydrogen-bond donors (Lipinski definition) is 0. The predicted molar refractivity (Wildman–Crippen MR) is 74.8 cm³/mol. The van der Waals surface area contributed by atoms with Crippen LogP contribution < -0.4 is 0 Å². The number of Topliss-reactive ketones (excluding diaryl/α,β-unsaturated/α-hetero) is 1. The van der Waals surface area contributed by atoms with E-state index in [0.29, 0.717) is 11.1 Å². The normalized spacial score (nSPS) is 11.4. The number of ketones is 1. The van der Waals surface area contributed by atoms with E-state index in [1.807, 2.05) is 6.07 Å². The Labute approximate surface area is 120 Å². The molecule has 0 N–H and O–H groups in total. The molecule has 2 rings (SSSR count). The first kappa shape index (κ1) is 14.3. The monoisotopic (exact) mass is 281 g/mol. The number of carbonyl (C=O) groups excluding carboxylic acids is 1. The number of nitro benzene ring substituents is 1. The number of aromatic nitrogens is 1. The van der Waals surface area contributed by atoms with Crippen molar-refractivity contribution in [3.63, 3.8) is 0 Å². The molecular formula is C15H11N3O3. The second-order valence-corrected chi connectivity index (χ2v) is 4.47. The molecule has 0 bridgehead atoms. The van der Waals surface area contributed by atoms with Crippen LogP contribution in [0.25, 0.3) is 0 Å². The van der Waals surface area contributed by atoms with E-state index < -0.39 is 10.8 Å². The first-order valence-corrected chi connectivity index (χ1v) is 6.13. The van der Waals surface area contributed by atoms with Crippen LogP contribution >= 0.6 is 0 Å². The number of benzene rings is 1. The molecule has 0 radical (unpaired) electrons. The molecule has 0 amide bonds. The highest BCUT2D eigenvalue weighted by atomic mass is 16.6. The van der Waals surface area contributed by atoms with Crippen molar-refractivity contribution in [2.24, 2.45) is 0 Å². The molecule has 1 unspecified atom stereocenters. The summed E-state index contributed by atoms with van der Waals surface area (Å²) in [6.07, 6.45) is 3.02. The number of nitrogens with zero attached hydrogens (tertiary/aromatic N) is 3. The van der Waals surface area contributed by atoms with Crippen molar-refractivity contribution in [3.8, 4) is 6.07 Å². The first-order chi connectivity index (χ1) is 10.0. The summed E-state index contributed by atoms with van der Waals surface area (Å²) >= 11 is 0. The highest BCUT2D eigenvalue weighted by Crippen LogP contribution is 2.24. The van der Waals surface area contributed by atoms with Gasteiger partial charge in [-0.25, -0.2) is 0 Å². The van der Waals surface area contributed by atoms with Crippen LogP contribution in [0, 0.1) is 28.4 Å². The molecule has 2 aromatic rings. The average molecular weight is 281 g/mol. The third kappa shape index (κ3) is 2.92. The van der Waals surface area contributed by atoms with Crippen molar-refractivity contribution in [3.05, 3.63) is 69.5 Å². The molecule has 1 heterocycles. The summed E-state index contributed by atoms with van der Waals surface area (Å²) in [7, 11) is 0. The van der Waals surface area contributed by atoms with Crippen molar-refractivity contribution in [2.45, 2.75) is 12.8 Å². The number of pyridine rings is 1. The summed E-state index contributed by atoms with van der Waals surface area (Å²) in [4.78, 5) is 26.5. The SMILES string of the molecule is Cc1cc(C(=O)C(C#N)c2ccncc2)ccc1[N+](=O)[O-]. The van der Waals surface area contributed by atoms with Crippen LogP contribution in [0.3, 0.4) is 0 Å². The number of nitro groups is 1. The Morgan fingerprint density at radius 2 is 2.00 bits per heavy atom. The van der Waals surface area contributed by atoms with E-state index >= 15 is 0 Å². The van der Waals surface area contributed by atoms with Crippen LogP contribution in [-0.4, -0.2) is 15.7 Å². The molecule has 0 aliphatic heterocycles. The van der Waals surface area contributed by atoms with Crippen LogP contribution in [-0.2, 0) is 0 Å². The van der Waals surface area contributed by atoms with E-state index in [4.69, 9.17) is 0 Å². The zero-order chi connectivity index (χ0) is 15.4. The van der Waals surface area contributed by atoms with Gasteiger partial charge in [0.25, 0.3) is 5.69 Å². The lowest BCUT2D eigenvalue weighted by atomic mass is 9.91. The molecule has 1 atom stereocenters. The van der Waals surface area contributed by atoms with Gasteiger partial charge in [-0.05, 0) is 36.8 Å². The fraction of sp³-hybridized carbons (Fsp3) is 0.133. The molecule has 6 heteroatoms. The van der Waals surface area contributed by atoms with Crippen molar-refractivity contribution < 1.29 is 9.72 Å². The van der Waals surface area contributed by atoms with Crippen LogP contribution in [0.5, 0.6) is 0 Å². The lowest BCUT2D eigenvalue weighted by Crippen LogP contribution is -2.11. The maximum absolute atomic E-state index is 12.4. The predicted octanol–water partition coefficient (Wildman–Crippen LogP) is 2.79. The van der Waals surface area contributed by atoms with Gasteiger partial charge in [-0.2, -0.15) is 5.26 Å². The van der Waals surface area contributed by atoms with E-state index in [1.54, 1.807) is 19.1 Å². The van der Waals surface area contributed by atoms with E-state index in [-0.39, 0.29) is 17.0 Å². The van der Waals surface area contributed by atoms with E-state index in [1.165, 1.54) is 30.6 Å². The second-order valence-electron chi connectivity index (χ2n) is 4.47. The highest BCUT2D eigenvalue weighted by molar-refractivity contribution is 6.03. The van der Waals surface area contributed by atoms with Crippen LogP contribution in [0.4, 0.5) is 5.69 Å². The Morgan fingerprint density at radius 3 is 2.52 bits per heavy atom. The molecule has 0 saturated heterocycles. The number of carbonyl (C=O) groups is 1. The molecular weight excluding hydrogens is 270 g/mol. The molecule has 0 spiro atoms. The summed E-state index contributed by atoms with van der Waals surface area (Å²) in [5, 5.41) is 20.0. The maximum Gasteiger partial charge on any atom is 0.272 e. The quantitative estimate of drug-likeness (QED) is 0.487. The van der Waals surface area contributed by atoms with Crippen molar-refractivity contribution in [2.75, 3.05) is 0 Å². The molecule has 1 aromatic carbocycles. The lowest BCUT2D eigenvalue weighted by Gasteiger charge is -2.09. The Balaban J connectivity index is 2.38. The summed E-state index contributed by atoms with van der Waals surface area (Å²) in [6.45, 7) is 1.56. The summed E-state index contributed by atoms with van der Waals surface area (Å²) < 4.78 is 0. The van der Waals surface area contributed by atoms with Crippen molar-refractivity contribution in [1.29, 1.82) is 5.26 Å². The Hall–Kier alpha value is -3.07. The minimum absolute atomic E-state index is 0.0519. The minimum atomic E-state index is -0.950. The van der Waals surface area contributed by atoms with Gasteiger partial charge in [0.1, 0.15) is 5.92 Å². The van der Waals surface area contributed by atoms with Crippen LogP contribution in [0.15, 0.2) is 42.7 Å². The molecule has 1 aromatic heterocycles. The zero-order valence-corrected chi connectivity index (χ0v) is 11.2. The largest absolute Gasteiger partial charge is 0.292 e. The number of nitriles is 1.